The van der Waals surface area contributed by atoms with Crippen LogP contribution in [-0.2, 0) is 4.79 Å². The highest BCUT2D eigenvalue weighted by molar-refractivity contribution is 7.99. The molecule has 1 rings (SSSR count). The molecule has 1 amide bonds. The van der Waals surface area contributed by atoms with Gasteiger partial charge in [-0.2, -0.15) is 8.78 Å². The molecule has 0 saturated heterocycles. The maximum absolute atomic E-state index is 12.4. The van der Waals surface area contributed by atoms with Crippen molar-refractivity contribution in [3.63, 3.8) is 0 Å². The second-order valence-corrected chi connectivity index (χ2v) is 4.78. The van der Waals surface area contributed by atoms with Crippen molar-refractivity contribution in [3.05, 3.63) is 35.9 Å². The van der Waals surface area contributed by atoms with Crippen LogP contribution in [0.15, 0.2) is 35.7 Å². The lowest BCUT2D eigenvalue weighted by molar-refractivity contribution is -0.116. The van der Waals surface area contributed by atoms with Gasteiger partial charge in [0.25, 0.3) is 5.76 Å². The summed E-state index contributed by atoms with van der Waals surface area (Å²) in [5, 5.41) is 2.76. The van der Waals surface area contributed by atoms with Gasteiger partial charge in [-0.1, -0.05) is 35.5 Å². The van der Waals surface area contributed by atoms with Crippen molar-refractivity contribution in [1.29, 1.82) is 0 Å². The summed E-state index contributed by atoms with van der Waals surface area (Å²) in [6.07, 6.45) is 2.41. The molecular weight excluding hydrogens is 280 g/mol. The topological polar surface area (TPSA) is 29.1 Å². The fourth-order valence-electron chi connectivity index (χ4n) is 1.26. The zero-order valence-electron chi connectivity index (χ0n) is 9.46. The van der Waals surface area contributed by atoms with Gasteiger partial charge in [-0.3, -0.25) is 4.79 Å². The number of hydrogen-bond acceptors (Lipinski definition) is 2. The molecule has 6 heteroatoms. The van der Waals surface area contributed by atoms with Gasteiger partial charge < -0.3 is 5.32 Å². The highest BCUT2D eigenvalue weighted by atomic mass is 35.5. The monoisotopic (exact) mass is 291 g/mol. The van der Waals surface area contributed by atoms with Crippen LogP contribution in [0.1, 0.15) is 12.8 Å². The number of alkyl halides is 2. The molecule has 0 aliphatic heterocycles. The van der Waals surface area contributed by atoms with Crippen LogP contribution in [0.5, 0.6) is 0 Å². The number of allylic oxidation sites excluding steroid dienone is 1. The molecule has 98 valence electrons. The van der Waals surface area contributed by atoms with Crippen molar-refractivity contribution in [3.8, 4) is 0 Å². The Hall–Kier alpha value is -1.07. The molecule has 0 saturated carbocycles. The van der Waals surface area contributed by atoms with Crippen molar-refractivity contribution in [2.45, 2.75) is 23.5 Å². The van der Waals surface area contributed by atoms with Crippen LogP contribution in [0.2, 0.25) is 5.02 Å². The Kier molecular flexibility index (Phi) is 6.15. The number of hydrogen-bond donors (Lipinski definition) is 1. The lowest BCUT2D eigenvalue weighted by atomic mass is 10.2. The largest absolute Gasteiger partial charge is 0.325 e. The number of anilines is 1. The summed E-state index contributed by atoms with van der Waals surface area (Å²) in [5.74, 6) is -2.85. The zero-order valence-corrected chi connectivity index (χ0v) is 11.0. The highest BCUT2D eigenvalue weighted by Gasteiger charge is 2.15. The van der Waals surface area contributed by atoms with Crippen LogP contribution < -0.4 is 5.32 Å². The van der Waals surface area contributed by atoms with Gasteiger partial charge in [0, 0.05) is 6.42 Å². The molecular formula is C12H12ClF2NOS. The Balaban J connectivity index is 2.84. The van der Waals surface area contributed by atoms with Gasteiger partial charge in [0.1, 0.15) is 0 Å². The van der Waals surface area contributed by atoms with Crippen LogP contribution >= 0.6 is 23.4 Å². The molecule has 2 nitrogen and oxygen atoms in total. The molecule has 1 N–H and O–H groups in total. The lowest BCUT2D eigenvalue weighted by Crippen LogP contribution is -2.11. The van der Waals surface area contributed by atoms with Crippen LogP contribution in [0.3, 0.4) is 0 Å². The average molecular weight is 292 g/mol. The maximum atomic E-state index is 12.4. The van der Waals surface area contributed by atoms with E-state index in [-0.39, 0.29) is 22.2 Å². The number of carbonyl (C=O) groups excluding carboxylic acids is 1. The van der Waals surface area contributed by atoms with Gasteiger partial charge in [-0.05, 0) is 18.6 Å². The molecule has 0 heterocycles. The third-order valence-corrected chi connectivity index (χ3v) is 3.30. The Morgan fingerprint density at radius 1 is 1.56 bits per heavy atom. The molecule has 0 fully saturated rings. The molecule has 0 atom stereocenters. The van der Waals surface area contributed by atoms with E-state index in [2.05, 4.69) is 11.9 Å². The lowest BCUT2D eigenvalue weighted by Gasteiger charge is -2.11. The fraction of sp³-hybridized carbons (Fsp3) is 0.250. The summed E-state index contributed by atoms with van der Waals surface area (Å²) in [6.45, 7) is 3.51. The zero-order chi connectivity index (χ0) is 13.5. The summed E-state index contributed by atoms with van der Waals surface area (Å²) in [6, 6.07) is 4.65. The number of rotatable bonds is 6. The molecule has 0 aliphatic rings. The number of amides is 1. The number of benzene rings is 1. The number of carbonyl (C=O) groups is 1. The number of thioether (sulfide) groups is 1. The predicted octanol–water partition coefficient (Wildman–Crippen LogP) is 4.56. The van der Waals surface area contributed by atoms with Gasteiger partial charge >= 0.3 is 0 Å². The molecule has 1 aromatic rings. The first-order valence-electron chi connectivity index (χ1n) is 5.18. The Labute approximate surface area is 113 Å². The van der Waals surface area contributed by atoms with Crippen LogP contribution in [-0.4, -0.2) is 11.7 Å². The third kappa shape index (κ3) is 4.66. The van der Waals surface area contributed by atoms with Gasteiger partial charge in [-0.25, -0.2) is 0 Å². The molecule has 0 bridgehead atoms. The fourth-order valence-corrected chi connectivity index (χ4v) is 2.18. The van der Waals surface area contributed by atoms with Gasteiger partial charge in [0.2, 0.25) is 5.91 Å². The minimum absolute atomic E-state index is 0.182. The van der Waals surface area contributed by atoms with E-state index in [1.165, 1.54) is 6.07 Å². The van der Waals surface area contributed by atoms with E-state index in [4.69, 9.17) is 11.6 Å². The number of nitrogens with one attached hydrogen (secondary N) is 1. The standard InChI is InChI=1S/C12H12ClF2NOS/c1-2-3-7-10(17)16-9-6-4-5-8(13)11(9)18-12(14)15/h2,4-6,12H,1,3,7H2,(H,16,17). The van der Waals surface area contributed by atoms with E-state index in [0.717, 1.165) is 0 Å². The van der Waals surface area contributed by atoms with E-state index in [1.807, 2.05) is 0 Å². The summed E-state index contributed by atoms with van der Waals surface area (Å²) < 4.78 is 24.8. The summed E-state index contributed by atoms with van der Waals surface area (Å²) in [4.78, 5) is 11.7. The highest BCUT2D eigenvalue weighted by Crippen LogP contribution is 2.37. The minimum Gasteiger partial charge on any atom is -0.325 e. The first-order chi connectivity index (χ1) is 8.54. The molecule has 18 heavy (non-hydrogen) atoms. The van der Waals surface area contributed by atoms with Crippen LogP contribution in [0.4, 0.5) is 14.5 Å². The van der Waals surface area contributed by atoms with E-state index < -0.39 is 5.76 Å². The summed E-state index contributed by atoms with van der Waals surface area (Å²) in [7, 11) is 0. The van der Waals surface area contributed by atoms with Crippen LogP contribution in [0, 0.1) is 0 Å². The van der Waals surface area contributed by atoms with E-state index in [0.29, 0.717) is 23.9 Å². The molecule has 1 aromatic carbocycles. The Bertz CT molecular complexity index is 440. The van der Waals surface area contributed by atoms with E-state index >= 15 is 0 Å². The van der Waals surface area contributed by atoms with Gasteiger partial charge in [0.15, 0.2) is 0 Å². The second-order valence-electron chi connectivity index (χ2n) is 3.37. The normalized spacial score (nSPS) is 10.4. The van der Waals surface area contributed by atoms with Crippen LogP contribution in [0.25, 0.3) is 0 Å². The predicted molar refractivity (Wildman–Crippen MR) is 71.4 cm³/mol. The summed E-state index contributed by atoms with van der Waals surface area (Å²) >= 11 is 6.16. The molecule has 0 radical (unpaired) electrons. The molecule has 0 spiro atoms. The first kappa shape index (κ1) is 15.0. The quantitative estimate of drug-likeness (QED) is 0.615. The molecule has 0 aliphatic carbocycles. The minimum atomic E-state index is -2.59. The van der Waals surface area contributed by atoms with Crippen molar-refractivity contribution < 1.29 is 13.6 Å². The SMILES string of the molecule is C=CCCC(=O)Nc1cccc(Cl)c1SC(F)F. The maximum Gasteiger partial charge on any atom is 0.289 e. The van der Waals surface area contributed by atoms with E-state index in [1.54, 1.807) is 18.2 Å². The van der Waals surface area contributed by atoms with Gasteiger partial charge in [0.05, 0.1) is 15.6 Å². The first-order valence-corrected chi connectivity index (χ1v) is 6.44. The van der Waals surface area contributed by atoms with E-state index in [9.17, 15) is 13.6 Å². The molecule has 0 aromatic heterocycles. The van der Waals surface area contributed by atoms with Gasteiger partial charge in [-0.15, -0.1) is 6.58 Å². The Morgan fingerprint density at radius 3 is 2.89 bits per heavy atom. The second kappa shape index (κ2) is 7.38. The smallest absolute Gasteiger partial charge is 0.289 e. The molecule has 0 unspecified atom stereocenters. The number of halogens is 3. The van der Waals surface area contributed by atoms with Crippen molar-refractivity contribution in [2.24, 2.45) is 0 Å². The Morgan fingerprint density at radius 2 is 2.28 bits per heavy atom. The van der Waals surface area contributed by atoms with Crippen molar-refractivity contribution in [1.82, 2.24) is 0 Å². The van der Waals surface area contributed by atoms with Crippen molar-refractivity contribution in [2.75, 3.05) is 5.32 Å². The third-order valence-electron chi connectivity index (χ3n) is 2.02. The summed E-state index contributed by atoms with van der Waals surface area (Å²) in [5.41, 5.74) is 0.307. The average Bonchev–Trinajstić information content (AvgIpc) is 2.30. The van der Waals surface area contributed by atoms with Crippen molar-refractivity contribution >= 4 is 35.0 Å².